The first-order chi connectivity index (χ1) is 15.2. The first-order valence-corrected chi connectivity index (χ1v) is 11.5. The lowest BCUT2D eigenvalue weighted by Crippen LogP contribution is -2.33. The Labute approximate surface area is 184 Å². The molecule has 31 heavy (non-hydrogen) atoms. The molecule has 162 valence electrons. The second-order valence-corrected chi connectivity index (χ2v) is 8.47. The van der Waals surface area contributed by atoms with E-state index in [0.717, 1.165) is 37.1 Å². The van der Waals surface area contributed by atoms with Crippen molar-refractivity contribution in [2.45, 2.75) is 57.8 Å². The number of aryl methyl sites for hydroxylation is 1. The number of amides is 1. The van der Waals surface area contributed by atoms with Crippen LogP contribution in [-0.2, 0) is 6.42 Å². The largest absolute Gasteiger partial charge is 0.352 e. The smallest absolute Gasteiger partial charge is 0.257 e. The lowest BCUT2D eigenvalue weighted by molar-refractivity contribution is 0.0941. The highest BCUT2D eigenvalue weighted by molar-refractivity contribution is 5.94. The van der Waals surface area contributed by atoms with Crippen molar-refractivity contribution in [3.63, 3.8) is 0 Å². The molecular weight excluding hydrogens is 386 g/mol. The molecule has 3 aromatic rings. The predicted octanol–water partition coefficient (Wildman–Crippen LogP) is 5.78. The van der Waals surface area contributed by atoms with Gasteiger partial charge < -0.3 is 9.84 Å². The van der Waals surface area contributed by atoms with Crippen molar-refractivity contribution in [1.29, 1.82) is 0 Å². The number of rotatable bonds is 8. The van der Waals surface area contributed by atoms with E-state index in [1.165, 1.54) is 24.8 Å². The molecule has 2 aromatic carbocycles. The summed E-state index contributed by atoms with van der Waals surface area (Å²) < 4.78 is 5.37. The normalized spacial score (nSPS) is 18.6. The lowest BCUT2D eigenvalue weighted by atomic mass is 9.75. The molecule has 1 unspecified atom stereocenters. The van der Waals surface area contributed by atoms with Crippen LogP contribution in [0.2, 0.25) is 0 Å². The lowest BCUT2D eigenvalue weighted by Gasteiger charge is -2.32. The van der Waals surface area contributed by atoms with E-state index in [4.69, 9.17) is 4.52 Å². The van der Waals surface area contributed by atoms with Crippen LogP contribution in [0.3, 0.4) is 0 Å². The first kappa shape index (κ1) is 21.3. The number of hydrogen-bond acceptors (Lipinski definition) is 4. The summed E-state index contributed by atoms with van der Waals surface area (Å²) in [4.78, 5) is 17.2. The Hall–Kier alpha value is -2.95. The summed E-state index contributed by atoms with van der Waals surface area (Å²) >= 11 is 0. The summed E-state index contributed by atoms with van der Waals surface area (Å²) in [7, 11) is 0. The van der Waals surface area contributed by atoms with Crippen LogP contribution in [0, 0.1) is 5.92 Å². The zero-order chi connectivity index (χ0) is 21.5. The van der Waals surface area contributed by atoms with E-state index in [0.29, 0.717) is 29.8 Å². The topological polar surface area (TPSA) is 68.0 Å². The van der Waals surface area contributed by atoms with Gasteiger partial charge in [-0.25, -0.2) is 0 Å². The predicted molar refractivity (Wildman–Crippen MR) is 122 cm³/mol. The van der Waals surface area contributed by atoms with E-state index in [1.54, 1.807) is 0 Å². The highest BCUT2D eigenvalue weighted by Gasteiger charge is 2.26. The zero-order valence-corrected chi connectivity index (χ0v) is 18.2. The standard InChI is InChI=1S/C26H31N3O2/c1-2-3-13-24-28-26(31-29-24)21-16-14-20(15-17-21)25(30)27-18-22-11-7-8-12-23(22)19-9-5-4-6-10-19/h4-6,9-10,14-17,22-23H,2-3,7-8,11-13,18H2,1H3,(H,27,30)/t22?,23-/m0/s1. The summed E-state index contributed by atoms with van der Waals surface area (Å²) in [5, 5.41) is 7.20. The van der Waals surface area contributed by atoms with Gasteiger partial charge in [0.25, 0.3) is 11.8 Å². The average molecular weight is 418 g/mol. The molecule has 0 bridgehead atoms. The van der Waals surface area contributed by atoms with Crippen LogP contribution >= 0.6 is 0 Å². The highest BCUT2D eigenvalue weighted by atomic mass is 16.5. The Bertz CT molecular complexity index is 966. The van der Waals surface area contributed by atoms with Crippen LogP contribution in [0.4, 0.5) is 0 Å². The maximum Gasteiger partial charge on any atom is 0.257 e. The third-order valence-corrected chi connectivity index (χ3v) is 6.28. The quantitative estimate of drug-likeness (QED) is 0.504. The minimum atomic E-state index is -0.0295. The fraction of sp³-hybridized carbons (Fsp3) is 0.423. The van der Waals surface area contributed by atoms with Gasteiger partial charge in [-0.2, -0.15) is 4.98 Å². The van der Waals surface area contributed by atoms with Crippen molar-refractivity contribution < 1.29 is 9.32 Å². The number of carbonyl (C=O) groups excluding carboxylic acids is 1. The maximum absolute atomic E-state index is 12.7. The van der Waals surface area contributed by atoms with Gasteiger partial charge in [-0.05, 0) is 60.9 Å². The maximum atomic E-state index is 12.7. The summed E-state index contributed by atoms with van der Waals surface area (Å²) in [6.45, 7) is 2.85. The summed E-state index contributed by atoms with van der Waals surface area (Å²) in [5.41, 5.74) is 2.88. The van der Waals surface area contributed by atoms with Gasteiger partial charge >= 0.3 is 0 Å². The van der Waals surface area contributed by atoms with Gasteiger partial charge in [-0.1, -0.05) is 61.7 Å². The monoisotopic (exact) mass is 417 g/mol. The van der Waals surface area contributed by atoms with Crippen LogP contribution in [0.15, 0.2) is 59.1 Å². The van der Waals surface area contributed by atoms with Crippen LogP contribution in [0.25, 0.3) is 11.5 Å². The molecule has 1 aliphatic carbocycles. The number of benzene rings is 2. The molecule has 1 heterocycles. The van der Waals surface area contributed by atoms with Crippen LogP contribution < -0.4 is 5.32 Å². The first-order valence-electron chi connectivity index (χ1n) is 11.5. The molecule has 1 amide bonds. The van der Waals surface area contributed by atoms with Gasteiger partial charge in [0.05, 0.1) is 0 Å². The number of aromatic nitrogens is 2. The number of nitrogens with one attached hydrogen (secondary N) is 1. The summed E-state index contributed by atoms with van der Waals surface area (Å²) in [6.07, 6.45) is 7.83. The molecule has 5 heteroatoms. The van der Waals surface area contributed by atoms with Crippen LogP contribution in [-0.4, -0.2) is 22.6 Å². The molecule has 1 aromatic heterocycles. The van der Waals surface area contributed by atoms with Gasteiger partial charge in [0, 0.05) is 24.1 Å². The summed E-state index contributed by atoms with van der Waals surface area (Å²) in [6, 6.07) is 18.1. The van der Waals surface area contributed by atoms with Crippen molar-refractivity contribution in [1.82, 2.24) is 15.5 Å². The Morgan fingerprint density at radius 3 is 2.61 bits per heavy atom. The van der Waals surface area contributed by atoms with E-state index >= 15 is 0 Å². The molecule has 2 atom stereocenters. The third kappa shape index (κ3) is 5.40. The van der Waals surface area contributed by atoms with E-state index in [9.17, 15) is 4.79 Å². The van der Waals surface area contributed by atoms with E-state index in [1.807, 2.05) is 24.3 Å². The number of unbranched alkanes of at least 4 members (excludes halogenated alkanes) is 1. The Kier molecular flexibility index (Phi) is 7.13. The Morgan fingerprint density at radius 2 is 1.84 bits per heavy atom. The Morgan fingerprint density at radius 1 is 1.06 bits per heavy atom. The van der Waals surface area contributed by atoms with Gasteiger partial charge in [0.15, 0.2) is 5.82 Å². The molecule has 1 saturated carbocycles. The zero-order valence-electron chi connectivity index (χ0n) is 18.2. The van der Waals surface area contributed by atoms with Crippen molar-refractivity contribution in [3.05, 3.63) is 71.5 Å². The van der Waals surface area contributed by atoms with E-state index in [-0.39, 0.29) is 5.91 Å². The second kappa shape index (κ2) is 10.4. The number of nitrogens with zero attached hydrogens (tertiary/aromatic N) is 2. The molecule has 1 fully saturated rings. The molecular formula is C26H31N3O2. The molecule has 5 nitrogen and oxygen atoms in total. The van der Waals surface area contributed by atoms with Crippen LogP contribution in [0.1, 0.15) is 73.1 Å². The van der Waals surface area contributed by atoms with Crippen molar-refractivity contribution in [2.24, 2.45) is 5.92 Å². The van der Waals surface area contributed by atoms with E-state index in [2.05, 4.69) is 52.7 Å². The minimum Gasteiger partial charge on any atom is -0.352 e. The highest BCUT2D eigenvalue weighted by Crippen LogP contribution is 2.37. The summed E-state index contributed by atoms with van der Waals surface area (Å²) in [5.74, 6) is 2.22. The van der Waals surface area contributed by atoms with Crippen molar-refractivity contribution in [2.75, 3.05) is 6.54 Å². The van der Waals surface area contributed by atoms with Crippen molar-refractivity contribution >= 4 is 5.91 Å². The minimum absolute atomic E-state index is 0.0295. The van der Waals surface area contributed by atoms with E-state index < -0.39 is 0 Å². The SMILES string of the molecule is CCCCc1noc(-c2ccc(C(=O)NCC3CCCC[C@H]3c3ccccc3)cc2)n1. The van der Waals surface area contributed by atoms with Gasteiger partial charge in [0.1, 0.15) is 0 Å². The molecule has 1 aliphatic rings. The van der Waals surface area contributed by atoms with Crippen LogP contribution in [0.5, 0.6) is 0 Å². The van der Waals surface area contributed by atoms with Crippen molar-refractivity contribution in [3.8, 4) is 11.5 Å². The fourth-order valence-corrected chi connectivity index (χ4v) is 4.49. The average Bonchev–Trinajstić information content (AvgIpc) is 3.31. The molecule has 4 rings (SSSR count). The molecule has 0 saturated heterocycles. The number of hydrogen-bond donors (Lipinski definition) is 1. The second-order valence-electron chi connectivity index (χ2n) is 8.47. The molecule has 0 aliphatic heterocycles. The molecule has 1 N–H and O–H groups in total. The Balaban J connectivity index is 1.35. The molecule has 0 radical (unpaired) electrons. The number of carbonyl (C=O) groups is 1. The van der Waals surface area contributed by atoms with Gasteiger partial charge in [-0.3, -0.25) is 4.79 Å². The van der Waals surface area contributed by atoms with Gasteiger partial charge in [-0.15, -0.1) is 0 Å². The fourth-order valence-electron chi connectivity index (χ4n) is 4.49. The molecule has 0 spiro atoms. The third-order valence-electron chi connectivity index (χ3n) is 6.28. The van der Waals surface area contributed by atoms with Gasteiger partial charge in [0.2, 0.25) is 0 Å².